The van der Waals surface area contributed by atoms with E-state index in [1.807, 2.05) is 13.8 Å². The number of likely N-dealkylation sites (tertiary alicyclic amines) is 1. The van der Waals surface area contributed by atoms with E-state index in [1.54, 1.807) is 0 Å². The SMILES string of the molecule is C=C(C)[C@@H]1CCC(C)(O)C(N2CCC(C(=O)OCC)CC2)C1. The zero-order valence-corrected chi connectivity index (χ0v) is 14.3. The molecule has 1 aliphatic carbocycles. The summed E-state index contributed by atoms with van der Waals surface area (Å²) in [6, 6.07) is 0.172. The molecule has 0 radical (unpaired) electrons. The van der Waals surface area contributed by atoms with Crippen LogP contribution in [-0.2, 0) is 9.53 Å². The van der Waals surface area contributed by atoms with E-state index in [0.29, 0.717) is 12.5 Å². The van der Waals surface area contributed by atoms with Gasteiger partial charge in [0.15, 0.2) is 0 Å². The maximum absolute atomic E-state index is 11.8. The average molecular weight is 309 g/mol. The number of carbonyl (C=O) groups is 1. The van der Waals surface area contributed by atoms with Crippen LogP contribution in [0.4, 0.5) is 0 Å². The summed E-state index contributed by atoms with van der Waals surface area (Å²) in [5.41, 5.74) is 0.588. The molecule has 0 aromatic heterocycles. The summed E-state index contributed by atoms with van der Waals surface area (Å²) in [4.78, 5) is 14.2. The third-order valence-electron chi connectivity index (χ3n) is 5.51. The minimum Gasteiger partial charge on any atom is -0.466 e. The van der Waals surface area contributed by atoms with Gasteiger partial charge in [0.1, 0.15) is 0 Å². The number of carbonyl (C=O) groups excluding carboxylic acids is 1. The molecule has 1 heterocycles. The largest absolute Gasteiger partial charge is 0.466 e. The standard InChI is InChI=1S/C18H31NO3/c1-5-22-17(20)14-7-10-19(11-8-14)16-12-15(13(2)3)6-9-18(16,4)21/h14-16,21H,2,5-12H2,1,3-4H3/t15-,16?,18?/m1/s1. The van der Waals surface area contributed by atoms with Crippen molar-refractivity contribution in [1.82, 2.24) is 4.90 Å². The monoisotopic (exact) mass is 309 g/mol. The lowest BCUT2D eigenvalue weighted by Gasteiger charge is -2.48. The van der Waals surface area contributed by atoms with E-state index in [1.165, 1.54) is 5.57 Å². The van der Waals surface area contributed by atoms with Crippen molar-refractivity contribution < 1.29 is 14.6 Å². The summed E-state index contributed by atoms with van der Waals surface area (Å²) in [5, 5.41) is 10.8. The van der Waals surface area contributed by atoms with E-state index in [2.05, 4.69) is 18.4 Å². The van der Waals surface area contributed by atoms with Gasteiger partial charge in [-0.25, -0.2) is 0 Å². The van der Waals surface area contributed by atoms with Gasteiger partial charge in [-0.3, -0.25) is 9.69 Å². The van der Waals surface area contributed by atoms with Crippen LogP contribution >= 0.6 is 0 Å². The fourth-order valence-corrected chi connectivity index (χ4v) is 3.97. The molecule has 1 saturated carbocycles. The number of ether oxygens (including phenoxy) is 1. The van der Waals surface area contributed by atoms with Crippen LogP contribution in [0.5, 0.6) is 0 Å². The molecule has 0 aromatic carbocycles. The van der Waals surface area contributed by atoms with Crippen molar-refractivity contribution in [2.24, 2.45) is 11.8 Å². The number of rotatable bonds is 4. The molecule has 1 saturated heterocycles. The van der Waals surface area contributed by atoms with Crippen molar-refractivity contribution in [1.29, 1.82) is 0 Å². The van der Waals surface area contributed by atoms with E-state index in [9.17, 15) is 9.90 Å². The first kappa shape index (κ1) is 17.5. The minimum absolute atomic E-state index is 0.0293. The van der Waals surface area contributed by atoms with E-state index in [-0.39, 0.29) is 17.9 Å². The van der Waals surface area contributed by atoms with Gasteiger partial charge in [-0.1, -0.05) is 12.2 Å². The summed E-state index contributed by atoms with van der Waals surface area (Å²) in [7, 11) is 0. The van der Waals surface area contributed by atoms with Crippen molar-refractivity contribution in [2.45, 2.75) is 64.5 Å². The smallest absolute Gasteiger partial charge is 0.309 e. The fourth-order valence-electron chi connectivity index (χ4n) is 3.97. The summed E-state index contributed by atoms with van der Waals surface area (Å²) < 4.78 is 5.13. The van der Waals surface area contributed by atoms with Crippen LogP contribution in [0.2, 0.25) is 0 Å². The molecular weight excluding hydrogens is 278 g/mol. The molecule has 126 valence electrons. The molecule has 22 heavy (non-hydrogen) atoms. The predicted molar refractivity (Wildman–Crippen MR) is 87.5 cm³/mol. The molecule has 1 aliphatic heterocycles. The van der Waals surface area contributed by atoms with Gasteiger partial charge >= 0.3 is 5.97 Å². The van der Waals surface area contributed by atoms with E-state index >= 15 is 0 Å². The number of piperidine rings is 1. The average Bonchev–Trinajstić information content (AvgIpc) is 2.47. The maximum atomic E-state index is 11.8. The summed E-state index contributed by atoms with van der Waals surface area (Å²) in [5.74, 6) is 0.479. The second-order valence-corrected chi connectivity index (χ2v) is 7.25. The third kappa shape index (κ3) is 3.90. The highest BCUT2D eigenvalue weighted by atomic mass is 16.5. The van der Waals surface area contributed by atoms with Crippen LogP contribution in [0.15, 0.2) is 12.2 Å². The van der Waals surface area contributed by atoms with E-state index in [4.69, 9.17) is 4.74 Å². The molecule has 0 bridgehead atoms. The van der Waals surface area contributed by atoms with Gasteiger partial charge in [0.25, 0.3) is 0 Å². The molecule has 4 heteroatoms. The van der Waals surface area contributed by atoms with Crippen LogP contribution in [0.1, 0.15) is 52.9 Å². The lowest BCUT2D eigenvalue weighted by atomic mass is 9.72. The Hall–Kier alpha value is -0.870. The Morgan fingerprint density at radius 1 is 1.32 bits per heavy atom. The Bertz CT molecular complexity index is 411. The normalized spacial score (nSPS) is 34.4. The summed E-state index contributed by atoms with van der Waals surface area (Å²) in [6.07, 6.45) is 4.50. The molecule has 2 unspecified atom stereocenters. The maximum Gasteiger partial charge on any atom is 0.309 e. The Morgan fingerprint density at radius 3 is 2.50 bits per heavy atom. The van der Waals surface area contributed by atoms with Crippen LogP contribution in [-0.4, -0.2) is 47.3 Å². The molecule has 2 fully saturated rings. The number of nitrogens with zero attached hydrogens (tertiary/aromatic N) is 1. The van der Waals surface area contributed by atoms with Gasteiger partial charge in [0.05, 0.1) is 18.1 Å². The molecule has 2 aliphatic rings. The highest BCUT2D eigenvalue weighted by Crippen LogP contribution is 2.39. The lowest BCUT2D eigenvalue weighted by Crippen LogP contribution is -2.56. The zero-order chi connectivity index (χ0) is 16.3. The van der Waals surface area contributed by atoms with Crippen molar-refractivity contribution in [3.63, 3.8) is 0 Å². The third-order valence-corrected chi connectivity index (χ3v) is 5.51. The lowest BCUT2D eigenvalue weighted by molar-refractivity contribution is -0.150. The first-order chi connectivity index (χ1) is 10.3. The summed E-state index contributed by atoms with van der Waals surface area (Å²) >= 11 is 0. The van der Waals surface area contributed by atoms with Crippen molar-refractivity contribution >= 4 is 5.97 Å². The Morgan fingerprint density at radius 2 is 1.95 bits per heavy atom. The topological polar surface area (TPSA) is 49.8 Å². The van der Waals surface area contributed by atoms with Gasteiger partial charge in [0, 0.05) is 6.04 Å². The van der Waals surface area contributed by atoms with Crippen molar-refractivity contribution in [3.8, 4) is 0 Å². The minimum atomic E-state index is -0.636. The molecule has 0 aromatic rings. The quantitative estimate of drug-likeness (QED) is 0.641. The van der Waals surface area contributed by atoms with Gasteiger partial charge in [-0.2, -0.15) is 0 Å². The van der Waals surface area contributed by atoms with Crippen LogP contribution in [0.25, 0.3) is 0 Å². The molecule has 3 atom stereocenters. The second-order valence-electron chi connectivity index (χ2n) is 7.25. The number of hydrogen-bond donors (Lipinski definition) is 1. The molecule has 0 spiro atoms. The number of hydrogen-bond acceptors (Lipinski definition) is 4. The van der Waals surface area contributed by atoms with E-state index < -0.39 is 5.60 Å². The zero-order valence-electron chi connectivity index (χ0n) is 14.3. The van der Waals surface area contributed by atoms with Crippen LogP contribution in [0, 0.1) is 11.8 Å². The second kappa shape index (κ2) is 7.14. The molecule has 4 nitrogen and oxygen atoms in total. The Labute approximate surface area is 134 Å². The highest BCUT2D eigenvalue weighted by molar-refractivity contribution is 5.72. The fraction of sp³-hybridized carbons (Fsp3) is 0.833. The first-order valence-corrected chi connectivity index (χ1v) is 8.63. The van der Waals surface area contributed by atoms with Crippen LogP contribution < -0.4 is 0 Å². The van der Waals surface area contributed by atoms with Crippen molar-refractivity contribution in [2.75, 3.05) is 19.7 Å². The highest BCUT2D eigenvalue weighted by Gasteiger charge is 2.43. The van der Waals surface area contributed by atoms with Crippen LogP contribution in [0.3, 0.4) is 0 Å². The number of aliphatic hydroxyl groups is 1. The molecular formula is C18H31NO3. The van der Waals surface area contributed by atoms with Crippen molar-refractivity contribution in [3.05, 3.63) is 12.2 Å². The van der Waals surface area contributed by atoms with Gasteiger partial charge < -0.3 is 9.84 Å². The molecule has 1 N–H and O–H groups in total. The molecule has 0 amide bonds. The van der Waals surface area contributed by atoms with E-state index in [0.717, 1.165) is 45.2 Å². The first-order valence-electron chi connectivity index (χ1n) is 8.63. The Balaban J connectivity index is 1.96. The number of esters is 1. The van der Waals surface area contributed by atoms with Gasteiger partial charge in [-0.15, -0.1) is 0 Å². The molecule has 2 rings (SSSR count). The number of allylic oxidation sites excluding steroid dienone is 1. The predicted octanol–water partition coefficient (Wildman–Crippen LogP) is 2.76. The summed E-state index contributed by atoms with van der Waals surface area (Å²) in [6.45, 7) is 12.2. The van der Waals surface area contributed by atoms with Gasteiger partial charge in [-0.05, 0) is 71.9 Å². The Kier molecular flexibility index (Phi) is 5.67. The van der Waals surface area contributed by atoms with Gasteiger partial charge in [0.2, 0.25) is 0 Å².